The summed E-state index contributed by atoms with van der Waals surface area (Å²) in [5, 5.41) is 2.46. The minimum Gasteiger partial charge on any atom is -0.294 e. The molecule has 2 aromatic rings. The molecule has 1 aliphatic rings. The van der Waals surface area contributed by atoms with Crippen LogP contribution >= 0.6 is 0 Å². The molecule has 0 heterocycles. The largest absolute Gasteiger partial charge is 0.294 e. The van der Waals surface area contributed by atoms with Crippen LogP contribution in [0.5, 0.6) is 0 Å². The average Bonchev–Trinajstić information content (AvgIpc) is 2.36. The van der Waals surface area contributed by atoms with Crippen LogP contribution in [0.15, 0.2) is 30.3 Å². The smallest absolute Gasteiger partial charge is 0.163 e. The van der Waals surface area contributed by atoms with E-state index in [4.69, 9.17) is 0 Å². The second kappa shape index (κ2) is 4.24. The van der Waals surface area contributed by atoms with E-state index in [9.17, 15) is 4.79 Å². The second-order valence-corrected chi connectivity index (χ2v) is 5.55. The molecule has 0 fully saturated rings. The summed E-state index contributed by atoms with van der Waals surface area (Å²) in [6, 6.07) is 10.9. The quantitative estimate of drug-likeness (QED) is 0.715. The molecule has 0 amide bonds. The van der Waals surface area contributed by atoms with Gasteiger partial charge in [-0.3, -0.25) is 4.79 Å². The topological polar surface area (TPSA) is 17.1 Å². The highest BCUT2D eigenvalue weighted by Gasteiger charge is 2.17. The lowest BCUT2D eigenvalue weighted by molar-refractivity contribution is 0.0972. The molecule has 0 saturated heterocycles. The van der Waals surface area contributed by atoms with E-state index < -0.39 is 0 Å². The molecular formula is C17H18O. The van der Waals surface area contributed by atoms with Gasteiger partial charge in [0, 0.05) is 12.0 Å². The Hall–Kier alpha value is -1.63. The van der Waals surface area contributed by atoms with Crippen LogP contribution in [0.2, 0.25) is 0 Å². The number of hydrogen-bond acceptors (Lipinski definition) is 1. The SMILES string of the molecule is CC(C)c1ccc2cc3c(cc2c1)CCCC3=O. The Labute approximate surface area is 108 Å². The lowest BCUT2D eigenvalue weighted by atomic mass is 9.87. The third kappa shape index (κ3) is 1.84. The minimum atomic E-state index is 0.311. The van der Waals surface area contributed by atoms with Gasteiger partial charge >= 0.3 is 0 Å². The van der Waals surface area contributed by atoms with Gasteiger partial charge < -0.3 is 0 Å². The maximum atomic E-state index is 11.9. The van der Waals surface area contributed by atoms with Gasteiger partial charge in [0.05, 0.1) is 0 Å². The van der Waals surface area contributed by atoms with Crippen molar-refractivity contribution in [3.05, 3.63) is 47.0 Å². The number of benzene rings is 2. The first kappa shape index (κ1) is 11.5. The lowest BCUT2D eigenvalue weighted by Gasteiger charge is -2.16. The van der Waals surface area contributed by atoms with E-state index in [1.54, 1.807) is 0 Å². The van der Waals surface area contributed by atoms with Crippen molar-refractivity contribution >= 4 is 16.6 Å². The van der Waals surface area contributed by atoms with E-state index in [0.29, 0.717) is 18.1 Å². The number of carbonyl (C=O) groups is 1. The Balaban J connectivity index is 2.20. The summed E-state index contributed by atoms with van der Waals surface area (Å²) >= 11 is 0. The molecule has 0 unspecified atom stereocenters. The third-order valence-corrected chi connectivity index (χ3v) is 3.90. The molecule has 0 aromatic heterocycles. The second-order valence-electron chi connectivity index (χ2n) is 5.55. The summed E-state index contributed by atoms with van der Waals surface area (Å²) in [5.74, 6) is 0.859. The molecule has 3 rings (SSSR count). The van der Waals surface area contributed by atoms with Crippen LogP contribution in [0.1, 0.15) is 54.1 Å². The van der Waals surface area contributed by atoms with Crippen molar-refractivity contribution in [1.82, 2.24) is 0 Å². The van der Waals surface area contributed by atoms with Crippen molar-refractivity contribution in [2.75, 3.05) is 0 Å². The van der Waals surface area contributed by atoms with Crippen molar-refractivity contribution < 1.29 is 4.79 Å². The summed E-state index contributed by atoms with van der Waals surface area (Å²) in [4.78, 5) is 11.9. The van der Waals surface area contributed by atoms with Gasteiger partial charge in [0.25, 0.3) is 0 Å². The first-order valence-corrected chi connectivity index (χ1v) is 6.75. The summed E-state index contributed by atoms with van der Waals surface area (Å²) in [6.45, 7) is 4.42. The van der Waals surface area contributed by atoms with Crippen LogP contribution in [0.3, 0.4) is 0 Å². The zero-order chi connectivity index (χ0) is 12.7. The van der Waals surface area contributed by atoms with Gasteiger partial charge in [0.15, 0.2) is 5.78 Å². The molecule has 0 N–H and O–H groups in total. The molecule has 0 aliphatic heterocycles. The van der Waals surface area contributed by atoms with Crippen LogP contribution in [0.25, 0.3) is 10.8 Å². The first-order chi connectivity index (χ1) is 8.65. The van der Waals surface area contributed by atoms with Crippen molar-refractivity contribution in [3.63, 3.8) is 0 Å². The number of hydrogen-bond donors (Lipinski definition) is 0. The van der Waals surface area contributed by atoms with Gasteiger partial charge in [0.1, 0.15) is 0 Å². The fraction of sp³-hybridized carbons (Fsp3) is 0.353. The van der Waals surface area contributed by atoms with Crippen LogP contribution < -0.4 is 0 Å². The maximum absolute atomic E-state index is 11.9. The van der Waals surface area contributed by atoms with Crippen molar-refractivity contribution in [1.29, 1.82) is 0 Å². The van der Waals surface area contributed by atoms with E-state index >= 15 is 0 Å². The Morgan fingerprint density at radius 2 is 1.83 bits per heavy atom. The van der Waals surface area contributed by atoms with Crippen molar-refractivity contribution in [3.8, 4) is 0 Å². The summed E-state index contributed by atoms with van der Waals surface area (Å²) in [5.41, 5.74) is 3.55. The van der Waals surface area contributed by atoms with Gasteiger partial charge in [-0.25, -0.2) is 0 Å². The summed E-state index contributed by atoms with van der Waals surface area (Å²) < 4.78 is 0. The normalized spacial score (nSPS) is 15.2. The van der Waals surface area contributed by atoms with Crippen LogP contribution in [-0.4, -0.2) is 5.78 Å². The molecule has 0 bridgehead atoms. The monoisotopic (exact) mass is 238 g/mol. The highest BCUT2D eigenvalue weighted by Crippen LogP contribution is 2.28. The molecule has 1 aliphatic carbocycles. The van der Waals surface area contributed by atoms with E-state index in [1.807, 2.05) is 0 Å². The number of ketones is 1. The number of fused-ring (bicyclic) bond motifs is 2. The zero-order valence-electron chi connectivity index (χ0n) is 11.0. The minimum absolute atomic E-state index is 0.311. The predicted octanol–water partition coefficient (Wildman–Crippen LogP) is 4.48. The number of Topliss-reactive ketones (excluding diaryl/α,β-unsaturated/α-hetero) is 1. The number of rotatable bonds is 1. The van der Waals surface area contributed by atoms with Crippen molar-refractivity contribution in [2.24, 2.45) is 0 Å². The molecule has 0 saturated carbocycles. The Bertz CT molecular complexity index is 623. The van der Waals surface area contributed by atoms with Gasteiger partial charge in [0.2, 0.25) is 0 Å². The Morgan fingerprint density at radius 1 is 1.00 bits per heavy atom. The molecule has 18 heavy (non-hydrogen) atoms. The molecule has 0 radical (unpaired) electrons. The zero-order valence-corrected chi connectivity index (χ0v) is 11.0. The van der Waals surface area contributed by atoms with Crippen molar-refractivity contribution in [2.45, 2.75) is 39.0 Å². The first-order valence-electron chi connectivity index (χ1n) is 6.75. The molecule has 1 nitrogen and oxygen atoms in total. The molecular weight excluding hydrogens is 220 g/mol. The van der Waals surface area contributed by atoms with Gasteiger partial charge in [-0.1, -0.05) is 38.1 Å². The Morgan fingerprint density at radius 3 is 2.61 bits per heavy atom. The van der Waals surface area contributed by atoms with Gasteiger partial charge in [-0.2, -0.15) is 0 Å². The number of aryl methyl sites for hydroxylation is 1. The molecule has 1 heteroatoms. The third-order valence-electron chi connectivity index (χ3n) is 3.90. The van der Waals surface area contributed by atoms with Gasteiger partial charge in [-0.05, 0) is 46.7 Å². The molecule has 0 spiro atoms. The average molecular weight is 238 g/mol. The lowest BCUT2D eigenvalue weighted by Crippen LogP contribution is -2.10. The standard InChI is InChI=1S/C17H18O/c1-11(2)12-6-7-13-10-16-14(9-15(13)8-12)4-3-5-17(16)18/h6-11H,3-5H2,1-2H3. The van der Waals surface area contributed by atoms with Crippen LogP contribution in [0, 0.1) is 0 Å². The van der Waals surface area contributed by atoms with E-state index in [0.717, 1.165) is 18.4 Å². The fourth-order valence-corrected chi connectivity index (χ4v) is 2.76. The molecule has 0 atom stereocenters. The fourth-order valence-electron chi connectivity index (χ4n) is 2.76. The summed E-state index contributed by atoms with van der Waals surface area (Å²) in [7, 11) is 0. The predicted molar refractivity (Wildman–Crippen MR) is 75.3 cm³/mol. The molecule has 92 valence electrons. The highest BCUT2D eigenvalue weighted by atomic mass is 16.1. The molecule has 2 aromatic carbocycles. The van der Waals surface area contributed by atoms with E-state index in [1.165, 1.54) is 21.9 Å². The highest BCUT2D eigenvalue weighted by molar-refractivity contribution is 6.02. The maximum Gasteiger partial charge on any atom is 0.163 e. The van der Waals surface area contributed by atoms with E-state index in [2.05, 4.69) is 44.2 Å². The van der Waals surface area contributed by atoms with E-state index in [-0.39, 0.29) is 0 Å². The summed E-state index contributed by atoms with van der Waals surface area (Å²) in [6.07, 6.45) is 2.76. The van der Waals surface area contributed by atoms with Crippen LogP contribution in [-0.2, 0) is 6.42 Å². The Kier molecular flexibility index (Phi) is 2.70. The van der Waals surface area contributed by atoms with Gasteiger partial charge in [-0.15, -0.1) is 0 Å². The van der Waals surface area contributed by atoms with Crippen LogP contribution in [0.4, 0.5) is 0 Å². The number of carbonyl (C=O) groups excluding carboxylic acids is 1.